The van der Waals surface area contributed by atoms with Crippen LogP contribution < -0.4 is 15.3 Å². The minimum absolute atomic E-state index is 0.387. The van der Waals surface area contributed by atoms with E-state index in [4.69, 9.17) is 15.3 Å². The van der Waals surface area contributed by atoms with E-state index in [0.717, 1.165) is 61.2 Å². The van der Waals surface area contributed by atoms with E-state index in [1.54, 1.807) is 14.2 Å². The van der Waals surface area contributed by atoms with Crippen molar-refractivity contribution in [1.82, 2.24) is 4.90 Å². The molecule has 1 atom stereocenters. The monoisotopic (exact) mass is 393 g/mol. The molecule has 0 radical (unpaired) electrons. The van der Waals surface area contributed by atoms with E-state index in [2.05, 4.69) is 46.4 Å². The molecular formula is C24H31N3O2. The summed E-state index contributed by atoms with van der Waals surface area (Å²) in [4.78, 5) is 2.57. The van der Waals surface area contributed by atoms with Crippen LogP contribution in [0.25, 0.3) is 0 Å². The average Bonchev–Trinajstić information content (AvgIpc) is 3.10. The molecule has 5 nitrogen and oxygen atoms in total. The molecule has 4 rings (SSSR count). The van der Waals surface area contributed by atoms with Gasteiger partial charge in [0.25, 0.3) is 0 Å². The van der Waals surface area contributed by atoms with Crippen LogP contribution in [-0.2, 0) is 13.0 Å². The van der Waals surface area contributed by atoms with Crippen molar-refractivity contribution in [2.45, 2.75) is 32.2 Å². The molecule has 1 heterocycles. The molecule has 0 saturated carbocycles. The molecule has 1 unspecified atom stereocenters. The van der Waals surface area contributed by atoms with Gasteiger partial charge in [-0.2, -0.15) is 5.10 Å². The maximum absolute atomic E-state index is 5.82. The third-order valence-electron chi connectivity index (χ3n) is 6.45. The van der Waals surface area contributed by atoms with Gasteiger partial charge in [-0.05, 0) is 68.0 Å². The zero-order chi connectivity index (χ0) is 20.2. The standard InChI is InChI=1S/C24H31N3O2/c1-28-22-14-19-13-20(24(26-25)21(19)15-23(22)29-2)12-17-8-10-27(11-9-17)16-18-6-4-3-5-7-18/h3-7,14-15,17,20H,8-13,16,25H2,1-2H3/b26-24-. The lowest BCUT2D eigenvalue weighted by atomic mass is 9.85. The number of hydrazone groups is 1. The van der Waals surface area contributed by atoms with Gasteiger partial charge in [0, 0.05) is 18.0 Å². The smallest absolute Gasteiger partial charge is 0.161 e. The predicted molar refractivity (Wildman–Crippen MR) is 117 cm³/mol. The Balaban J connectivity index is 1.38. The zero-order valence-corrected chi connectivity index (χ0v) is 17.4. The minimum Gasteiger partial charge on any atom is -0.493 e. The lowest BCUT2D eigenvalue weighted by Gasteiger charge is -2.33. The molecule has 0 bridgehead atoms. The van der Waals surface area contributed by atoms with Gasteiger partial charge in [0.2, 0.25) is 0 Å². The third-order valence-corrected chi connectivity index (χ3v) is 6.45. The van der Waals surface area contributed by atoms with E-state index in [1.807, 2.05) is 6.07 Å². The first kappa shape index (κ1) is 19.8. The van der Waals surface area contributed by atoms with Crippen LogP contribution in [0.2, 0.25) is 0 Å². The van der Waals surface area contributed by atoms with Gasteiger partial charge in [-0.1, -0.05) is 30.3 Å². The maximum atomic E-state index is 5.82. The van der Waals surface area contributed by atoms with Gasteiger partial charge >= 0.3 is 0 Å². The Kier molecular flexibility index (Phi) is 6.05. The second kappa shape index (κ2) is 8.87. The number of piperidine rings is 1. The van der Waals surface area contributed by atoms with E-state index in [0.29, 0.717) is 5.92 Å². The quantitative estimate of drug-likeness (QED) is 0.598. The second-order valence-corrected chi connectivity index (χ2v) is 8.22. The molecule has 1 aliphatic carbocycles. The predicted octanol–water partition coefficient (Wildman–Crippen LogP) is 3.84. The summed E-state index contributed by atoms with van der Waals surface area (Å²) < 4.78 is 10.9. The van der Waals surface area contributed by atoms with Crippen LogP contribution in [0.5, 0.6) is 11.5 Å². The summed E-state index contributed by atoms with van der Waals surface area (Å²) >= 11 is 0. The van der Waals surface area contributed by atoms with Gasteiger partial charge in [-0.25, -0.2) is 0 Å². The van der Waals surface area contributed by atoms with E-state index in [-0.39, 0.29) is 0 Å². The highest BCUT2D eigenvalue weighted by Crippen LogP contribution is 2.39. The Morgan fingerprint density at radius 1 is 1.03 bits per heavy atom. The summed E-state index contributed by atoms with van der Waals surface area (Å²) in [5.41, 5.74) is 4.81. The van der Waals surface area contributed by atoms with Crippen LogP contribution in [0, 0.1) is 11.8 Å². The third kappa shape index (κ3) is 4.25. The summed E-state index contributed by atoms with van der Waals surface area (Å²) in [6, 6.07) is 14.9. The molecule has 2 aromatic carbocycles. The van der Waals surface area contributed by atoms with Crippen LogP contribution in [0.1, 0.15) is 36.0 Å². The fourth-order valence-electron chi connectivity index (χ4n) is 4.90. The normalized spacial score (nSPS) is 21.3. The van der Waals surface area contributed by atoms with Crippen molar-refractivity contribution >= 4 is 5.71 Å². The van der Waals surface area contributed by atoms with Crippen molar-refractivity contribution in [1.29, 1.82) is 0 Å². The first-order valence-electron chi connectivity index (χ1n) is 10.5. The highest BCUT2D eigenvalue weighted by molar-refractivity contribution is 6.06. The maximum Gasteiger partial charge on any atom is 0.161 e. The molecule has 1 saturated heterocycles. The Labute approximate surface area is 173 Å². The number of nitrogens with zero attached hydrogens (tertiary/aromatic N) is 2. The lowest BCUT2D eigenvalue weighted by Crippen LogP contribution is -2.34. The van der Waals surface area contributed by atoms with Crippen molar-refractivity contribution in [3.8, 4) is 11.5 Å². The largest absolute Gasteiger partial charge is 0.493 e. The molecule has 29 heavy (non-hydrogen) atoms. The second-order valence-electron chi connectivity index (χ2n) is 8.22. The lowest BCUT2D eigenvalue weighted by molar-refractivity contribution is 0.167. The number of nitrogens with two attached hydrogens (primary N) is 1. The molecule has 0 spiro atoms. The number of hydrogen-bond acceptors (Lipinski definition) is 5. The number of likely N-dealkylation sites (tertiary alicyclic amines) is 1. The van der Waals surface area contributed by atoms with Gasteiger partial charge in [0.1, 0.15) is 0 Å². The summed E-state index contributed by atoms with van der Waals surface area (Å²) in [6.45, 7) is 3.38. The number of hydrogen-bond donors (Lipinski definition) is 1. The summed E-state index contributed by atoms with van der Waals surface area (Å²) in [6.07, 6.45) is 4.61. The van der Waals surface area contributed by atoms with Crippen LogP contribution in [-0.4, -0.2) is 37.9 Å². The van der Waals surface area contributed by atoms with Gasteiger partial charge in [-0.15, -0.1) is 0 Å². The van der Waals surface area contributed by atoms with Crippen molar-refractivity contribution in [2.75, 3.05) is 27.3 Å². The van der Waals surface area contributed by atoms with E-state index in [1.165, 1.54) is 24.0 Å². The zero-order valence-electron chi connectivity index (χ0n) is 17.4. The Hall–Kier alpha value is -2.53. The molecule has 1 fully saturated rings. The molecule has 1 aliphatic heterocycles. The van der Waals surface area contributed by atoms with Crippen LogP contribution in [0.4, 0.5) is 0 Å². The van der Waals surface area contributed by atoms with Gasteiger partial charge in [0.15, 0.2) is 11.5 Å². The molecule has 154 valence electrons. The number of fused-ring (bicyclic) bond motifs is 1. The van der Waals surface area contributed by atoms with E-state index >= 15 is 0 Å². The topological polar surface area (TPSA) is 60.1 Å². The summed E-state index contributed by atoms with van der Waals surface area (Å²) in [5.74, 6) is 8.45. The molecular weight excluding hydrogens is 362 g/mol. The Bertz CT molecular complexity index is 858. The van der Waals surface area contributed by atoms with E-state index < -0.39 is 0 Å². The van der Waals surface area contributed by atoms with Gasteiger partial charge in [-0.3, -0.25) is 4.90 Å². The highest BCUT2D eigenvalue weighted by Gasteiger charge is 2.33. The van der Waals surface area contributed by atoms with Crippen molar-refractivity contribution < 1.29 is 9.47 Å². The van der Waals surface area contributed by atoms with Crippen LogP contribution in [0.15, 0.2) is 47.6 Å². The average molecular weight is 394 g/mol. The van der Waals surface area contributed by atoms with Crippen molar-refractivity contribution in [3.05, 3.63) is 59.2 Å². The first-order chi connectivity index (χ1) is 14.2. The van der Waals surface area contributed by atoms with Gasteiger partial charge in [0.05, 0.1) is 19.9 Å². The van der Waals surface area contributed by atoms with Crippen LogP contribution in [0.3, 0.4) is 0 Å². The number of ether oxygens (including phenoxy) is 2. The minimum atomic E-state index is 0.387. The van der Waals surface area contributed by atoms with Gasteiger partial charge < -0.3 is 15.3 Å². The fraction of sp³-hybridized carbons (Fsp3) is 0.458. The molecule has 2 aliphatic rings. The van der Waals surface area contributed by atoms with Crippen LogP contribution >= 0.6 is 0 Å². The number of benzene rings is 2. The Morgan fingerprint density at radius 2 is 1.72 bits per heavy atom. The fourth-order valence-corrected chi connectivity index (χ4v) is 4.90. The SMILES string of the molecule is COc1cc2c(cc1OC)/C(=N\N)C(CC1CCN(Cc3ccccc3)CC1)C2. The Morgan fingerprint density at radius 3 is 2.38 bits per heavy atom. The molecule has 0 aromatic heterocycles. The number of methoxy groups -OCH3 is 2. The number of rotatable bonds is 6. The van der Waals surface area contributed by atoms with Crippen molar-refractivity contribution in [2.24, 2.45) is 22.8 Å². The molecule has 2 N–H and O–H groups in total. The molecule has 5 heteroatoms. The van der Waals surface area contributed by atoms with Crippen molar-refractivity contribution in [3.63, 3.8) is 0 Å². The van der Waals surface area contributed by atoms with E-state index in [9.17, 15) is 0 Å². The summed E-state index contributed by atoms with van der Waals surface area (Å²) in [5, 5.41) is 4.19. The first-order valence-corrected chi connectivity index (χ1v) is 10.5. The molecule has 0 amide bonds. The molecule has 2 aromatic rings. The highest BCUT2D eigenvalue weighted by atomic mass is 16.5. The summed E-state index contributed by atoms with van der Waals surface area (Å²) in [7, 11) is 3.34.